The van der Waals surface area contributed by atoms with Gasteiger partial charge in [-0.25, -0.2) is 0 Å². The first-order valence-electron chi connectivity index (χ1n) is 20.7. The van der Waals surface area contributed by atoms with E-state index in [1.165, 1.54) is 110 Å². The topological polar surface area (TPSA) is 0 Å². The molecule has 0 saturated carbocycles. The van der Waals surface area contributed by atoms with E-state index < -0.39 is 0 Å². The summed E-state index contributed by atoms with van der Waals surface area (Å²) in [6.07, 6.45) is 0. The van der Waals surface area contributed by atoms with Gasteiger partial charge in [0.25, 0.3) is 0 Å². The minimum Gasteiger partial charge on any atom is -0.0622 e. The Hall–Kier alpha value is -7.80. The van der Waals surface area contributed by atoms with Crippen molar-refractivity contribution in [1.29, 1.82) is 0 Å². The van der Waals surface area contributed by atoms with Gasteiger partial charge in [0.05, 0.1) is 0 Å². The lowest BCUT2D eigenvalue weighted by Gasteiger charge is -2.19. The average molecular weight is 761 g/mol. The molecule has 0 unspecified atom stereocenters. The minimum absolute atomic E-state index is 1.18. The molecular formula is C60H40. The van der Waals surface area contributed by atoms with Gasteiger partial charge in [0.15, 0.2) is 0 Å². The second-order valence-electron chi connectivity index (χ2n) is 15.6. The summed E-state index contributed by atoms with van der Waals surface area (Å²) in [5.74, 6) is 0. The first-order chi connectivity index (χ1) is 29.7. The number of hydrogen-bond acceptors (Lipinski definition) is 0. The minimum atomic E-state index is 1.18. The molecule has 0 saturated heterocycles. The van der Waals surface area contributed by atoms with Crippen LogP contribution in [-0.4, -0.2) is 0 Å². The van der Waals surface area contributed by atoms with Crippen molar-refractivity contribution in [2.24, 2.45) is 0 Å². The van der Waals surface area contributed by atoms with Crippen LogP contribution in [0.4, 0.5) is 0 Å². The van der Waals surface area contributed by atoms with Gasteiger partial charge in [-0.15, -0.1) is 0 Å². The number of hydrogen-bond donors (Lipinski definition) is 0. The number of fused-ring (bicyclic) bond motifs is 3. The molecule has 11 rings (SSSR count). The van der Waals surface area contributed by atoms with Gasteiger partial charge in [-0.2, -0.15) is 0 Å². The van der Waals surface area contributed by atoms with Crippen molar-refractivity contribution in [2.75, 3.05) is 0 Å². The van der Waals surface area contributed by atoms with Gasteiger partial charge in [-0.3, -0.25) is 0 Å². The van der Waals surface area contributed by atoms with Crippen molar-refractivity contribution >= 4 is 32.3 Å². The maximum Gasteiger partial charge on any atom is -0.00261 e. The molecule has 0 aliphatic rings. The van der Waals surface area contributed by atoms with E-state index >= 15 is 0 Å². The molecule has 0 heterocycles. The zero-order valence-electron chi connectivity index (χ0n) is 33.1. The maximum absolute atomic E-state index is 2.42. The van der Waals surface area contributed by atoms with Gasteiger partial charge in [0, 0.05) is 0 Å². The molecule has 0 fully saturated rings. The molecule has 0 aliphatic heterocycles. The summed E-state index contributed by atoms with van der Waals surface area (Å²) in [4.78, 5) is 0. The van der Waals surface area contributed by atoms with Crippen molar-refractivity contribution in [1.82, 2.24) is 0 Å². The van der Waals surface area contributed by atoms with E-state index in [1.54, 1.807) is 0 Å². The Morgan fingerprint density at radius 2 is 0.550 bits per heavy atom. The van der Waals surface area contributed by atoms with Crippen LogP contribution in [0.1, 0.15) is 0 Å². The van der Waals surface area contributed by atoms with Crippen molar-refractivity contribution in [2.45, 2.75) is 0 Å². The summed E-state index contributed by atoms with van der Waals surface area (Å²) in [7, 11) is 0. The molecule has 0 nitrogen and oxygen atoms in total. The van der Waals surface area contributed by atoms with Gasteiger partial charge in [-0.05, 0) is 128 Å². The predicted molar refractivity (Wildman–Crippen MR) is 257 cm³/mol. The van der Waals surface area contributed by atoms with Crippen LogP contribution < -0.4 is 0 Å². The van der Waals surface area contributed by atoms with Gasteiger partial charge >= 0.3 is 0 Å². The van der Waals surface area contributed by atoms with Crippen molar-refractivity contribution < 1.29 is 0 Å². The number of rotatable bonds is 7. The van der Waals surface area contributed by atoms with E-state index in [9.17, 15) is 0 Å². The molecule has 0 N–H and O–H groups in total. The molecule has 0 bridgehead atoms. The van der Waals surface area contributed by atoms with Crippen molar-refractivity contribution in [3.05, 3.63) is 243 Å². The van der Waals surface area contributed by atoms with Crippen LogP contribution in [0.2, 0.25) is 0 Å². The van der Waals surface area contributed by atoms with Crippen molar-refractivity contribution in [3.63, 3.8) is 0 Å². The molecule has 11 aromatic carbocycles. The highest BCUT2D eigenvalue weighted by Crippen LogP contribution is 2.46. The standard InChI is InChI=1S/C60H40/c1-3-14-41(15-4-1)43-26-31-45(32-27-43)53-37-36-52(60-56-24-11-9-22-54(56)59(47-17-5-2-6-18-47)55-23-10-12-25-57(55)60)40-58(53)46-33-28-44(29-34-46)49-20-13-21-50(38-49)51-35-30-42-16-7-8-19-48(42)39-51/h1-40H. The van der Waals surface area contributed by atoms with Crippen LogP contribution in [0.25, 0.3) is 110 Å². The molecule has 0 atom stereocenters. The summed E-state index contributed by atoms with van der Waals surface area (Å²) in [5, 5.41) is 7.54. The summed E-state index contributed by atoms with van der Waals surface area (Å²) in [6, 6.07) is 88.8. The van der Waals surface area contributed by atoms with Gasteiger partial charge in [0.2, 0.25) is 0 Å². The second kappa shape index (κ2) is 15.2. The lowest BCUT2D eigenvalue weighted by Crippen LogP contribution is -1.92. The second-order valence-corrected chi connectivity index (χ2v) is 15.6. The fourth-order valence-corrected chi connectivity index (χ4v) is 9.11. The molecule has 60 heavy (non-hydrogen) atoms. The van der Waals surface area contributed by atoms with Crippen LogP contribution >= 0.6 is 0 Å². The molecule has 0 heteroatoms. The Balaban J connectivity index is 1.05. The molecule has 0 aliphatic carbocycles. The van der Waals surface area contributed by atoms with E-state index in [0.29, 0.717) is 0 Å². The van der Waals surface area contributed by atoms with E-state index in [0.717, 1.165) is 0 Å². The monoisotopic (exact) mass is 760 g/mol. The van der Waals surface area contributed by atoms with Gasteiger partial charge in [-0.1, -0.05) is 224 Å². The molecule has 0 radical (unpaired) electrons. The Kier molecular flexibility index (Phi) is 8.95. The normalized spacial score (nSPS) is 11.3. The van der Waals surface area contributed by atoms with Gasteiger partial charge in [0.1, 0.15) is 0 Å². The highest BCUT2D eigenvalue weighted by Gasteiger charge is 2.18. The van der Waals surface area contributed by atoms with Crippen LogP contribution in [0, 0.1) is 0 Å². The van der Waals surface area contributed by atoms with E-state index in [-0.39, 0.29) is 0 Å². The zero-order valence-corrected chi connectivity index (χ0v) is 33.1. The third kappa shape index (κ3) is 6.46. The summed E-state index contributed by atoms with van der Waals surface area (Å²) < 4.78 is 0. The van der Waals surface area contributed by atoms with E-state index in [2.05, 4.69) is 243 Å². The number of benzene rings is 11. The third-order valence-electron chi connectivity index (χ3n) is 12.1. The maximum atomic E-state index is 2.42. The fourth-order valence-electron chi connectivity index (χ4n) is 9.11. The first kappa shape index (κ1) is 35.4. The Labute approximate surface area is 351 Å². The lowest BCUT2D eigenvalue weighted by atomic mass is 9.84. The molecule has 280 valence electrons. The molecule has 0 spiro atoms. The predicted octanol–water partition coefficient (Wildman–Crippen LogP) is 16.8. The third-order valence-corrected chi connectivity index (χ3v) is 12.1. The van der Waals surface area contributed by atoms with E-state index in [1.807, 2.05) is 0 Å². The zero-order chi connectivity index (χ0) is 39.8. The summed E-state index contributed by atoms with van der Waals surface area (Å²) in [5.41, 5.74) is 17.0. The molecule has 11 aromatic rings. The first-order valence-corrected chi connectivity index (χ1v) is 20.7. The average Bonchev–Trinajstić information content (AvgIpc) is 3.33. The van der Waals surface area contributed by atoms with Crippen LogP contribution in [0.3, 0.4) is 0 Å². The lowest BCUT2D eigenvalue weighted by molar-refractivity contribution is 1.56. The van der Waals surface area contributed by atoms with Crippen molar-refractivity contribution in [3.8, 4) is 77.9 Å². The quantitative estimate of drug-likeness (QED) is 0.142. The van der Waals surface area contributed by atoms with Crippen LogP contribution in [-0.2, 0) is 0 Å². The van der Waals surface area contributed by atoms with E-state index in [4.69, 9.17) is 0 Å². The summed E-state index contributed by atoms with van der Waals surface area (Å²) >= 11 is 0. The Morgan fingerprint density at radius 1 is 0.167 bits per heavy atom. The van der Waals surface area contributed by atoms with Crippen LogP contribution in [0.5, 0.6) is 0 Å². The Bertz CT molecular complexity index is 3260. The molecule has 0 aromatic heterocycles. The van der Waals surface area contributed by atoms with Crippen LogP contribution in [0.15, 0.2) is 243 Å². The SMILES string of the molecule is c1ccc(-c2ccc(-c3ccc(-c4c5ccccc5c(-c5ccccc5)c5ccccc45)cc3-c3ccc(-c4cccc(-c5ccc6ccccc6c5)c4)cc3)cc2)cc1. The van der Waals surface area contributed by atoms with Gasteiger partial charge < -0.3 is 0 Å². The fraction of sp³-hybridized carbons (Fsp3) is 0. The highest BCUT2D eigenvalue weighted by atomic mass is 14.2. The summed E-state index contributed by atoms with van der Waals surface area (Å²) in [6.45, 7) is 0. The highest BCUT2D eigenvalue weighted by molar-refractivity contribution is 6.21. The molecular weight excluding hydrogens is 721 g/mol. The largest absolute Gasteiger partial charge is 0.0622 e. The Morgan fingerprint density at radius 3 is 1.17 bits per heavy atom. The molecule has 0 amide bonds. The smallest absolute Gasteiger partial charge is 0.00261 e.